The minimum Gasteiger partial charge on any atom is -0.493 e. The fourth-order valence-electron chi connectivity index (χ4n) is 1.85. The summed E-state index contributed by atoms with van der Waals surface area (Å²) < 4.78 is 5.46. The van der Waals surface area contributed by atoms with Crippen molar-refractivity contribution in [1.29, 1.82) is 0 Å². The first kappa shape index (κ1) is 9.07. The van der Waals surface area contributed by atoms with Gasteiger partial charge in [0.1, 0.15) is 5.76 Å². The molecule has 1 aromatic rings. The highest BCUT2D eigenvalue weighted by molar-refractivity contribution is 5.77. The third-order valence-electron chi connectivity index (χ3n) is 2.54. The van der Waals surface area contributed by atoms with E-state index in [0.717, 1.165) is 35.5 Å². The van der Waals surface area contributed by atoms with Gasteiger partial charge < -0.3 is 4.74 Å². The molecule has 0 bridgehead atoms. The molecule has 0 aromatic heterocycles. The van der Waals surface area contributed by atoms with Crippen LogP contribution < -0.4 is 0 Å². The molecule has 2 rings (SSSR count). The first-order valence-electron chi connectivity index (χ1n) is 4.80. The highest BCUT2D eigenvalue weighted by Crippen LogP contribution is 2.31. The fourth-order valence-corrected chi connectivity index (χ4v) is 1.85. The summed E-state index contributed by atoms with van der Waals surface area (Å²) in [5.41, 5.74) is 4.69. The molecule has 0 saturated carbocycles. The highest BCUT2D eigenvalue weighted by atomic mass is 16.5. The van der Waals surface area contributed by atoms with E-state index in [-0.39, 0.29) is 0 Å². The first-order valence-corrected chi connectivity index (χ1v) is 4.80. The Balaban J connectivity index is 2.63. The van der Waals surface area contributed by atoms with Crippen LogP contribution in [0.3, 0.4) is 0 Å². The van der Waals surface area contributed by atoms with Crippen molar-refractivity contribution in [2.24, 2.45) is 0 Å². The van der Waals surface area contributed by atoms with Crippen molar-refractivity contribution in [2.45, 2.75) is 13.3 Å². The molecule has 0 N–H and O–H groups in total. The van der Waals surface area contributed by atoms with Gasteiger partial charge in [-0.15, -0.1) is 0 Å². The average Bonchev–Trinajstić information content (AvgIpc) is 2.17. The summed E-state index contributed by atoms with van der Waals surface area (Å²) >= 11 is 0. The molecule has 0 aliphatic carbocycles. The van der Waals surface area contributed by atoms with Crippen molar-refractivity contribution in [3.05, 3.63) is 48.0 Å². The molecule has 0 unspecified atom stereocenters. The predicted octanol–water partition coefficient (Wildman–Crippen LogP) is 3.26. The lowest BCUT2D eigenvalue weighted by molar-refractivity contribution is 0.271. The van der Waals surface area contributed by atoms with E-state index in [0.29, 0.717) is 0 Å². The molecule has 72 valence electrons. The zero-order chi connectivity index (χ0) is 10.1. The van der Waals surface area contributed by atoms with Gasteiger partial charge in [0.05, 0.1) is 6.61 Å². The van der Waals surface area contributed by atoms with Gasteiger partial charge in [0.25, 0.3) is 0 Å². The number of rotatable bonds is 1. The summed E-state index contributed by atoms with van der Waals surface area (Å²) in [6, 6.07) is 6.28. The molecular weight excluding hydrogens is 172 g/mol. The minimum atomic E-state index is 0.742. The van der Waals surface area contributed by atoms with Crippen molar-refractivity contribution >= 4 is 11.3 Å². The molecular formula is C13H14O. The van der Waals surface area contributed by atoms with Crippen LogP contribution in [0.2, 0.25) is 0 Å². The monoisotopic (exact) mass is 186 g/mol. The van der Waals surface area contributed by atoms with E-state index in [2.05, 4.69) is 31.4 Å². The van der Waals surface area contributed by atoms with Crippen LogP contribution in [0.4, 0.5) is 0 Å². The standard InChI is InChI=1S/C13H14O/c1-9(2)12-6-4-5-11-7-8-14-10(3)13(11)12/h4-6H,1,3,7-8H2,2H3. The van der Waals surface area contributed by atoms with E-state index >= 15 is 0 Å². The molecule has 0 saturated heterocycles. The normalized spacial score (nSPS) is 14.5. The van der Waals surface area contributed by atoms with Gasteiger partial charge in [-0.05, 0) is 18.1 Å². The molecule has 1 aliphatic heterocycles. The summed E-state index contributed by atoms with van der Waals surface area (Å²) in [4.78, 5) is 0. The smallest absolute Gasteiger partial charge is 0.120 e. The lowest BCUT2D eigenvalue weighted by atomic mass is 9.93. The summed E-state index contributed by atoms with van der Waals surface area (Å²) in [7, 11) is 0. The van der Waals surface area contributed by atoms with E-state index in [1.807, 2.05) is 6.92 Å². The van der Waals surface area contributed by atoms with Gasteiger partial charge in [0, 0.05) is 12.0 Å². The summed E-state index contributed by atoms with van der Waals surface area (Å²) in [6.45, 7) is 10.7. The Kier molecular flexibility index (Phi) is 2.16. The maximum absolute atomic E-state index is 5.46. The van der Waals surface area contributed by atoms with E-state index in [9.17, 15) is 0 Å². The van der Waals surface area contributed by atoms with Crippen molar-refractivity contribution in [3.8, 4) is 0 Å². The Hall–Kier alpha value is -1.50. The summed E-state index contributed by atoms with van der Waals surface area (Å²) in [5, 5.41) is 0. The van der Waals surface area contributed by atoms with Gasteiger partial charge in [0.2, 0.25) is 0 Å². The van der Waals surface area contributed by atoms with E-state index in [1.54, 1.807) is 0 Å². The van der Waals surface area contributed by atoms with Crippen molar-refractivity contribution in [2.75, 3.05) is 6.61 Å². The van der Waals surface area contributed by atoms with E-state index < -0.39 is 0 Å². The lowest BCUT2D eigenvalue weighted by Gasteiger charge is -2.22. The Morgan fingerprint density at radius 1 is 1.43 bits per heavy atom. The van der Waals surface area contributed by atoms with Gasteiger partial charge in [-0.1, -0.05) is 36.9 Å². The van der Waals surface area contributed by atoms with Crippen molar-refractivity contribution in [1.82, 2.24) is 0 Å². The molecule has 0 radical (unpaired) electrons. The third kappa shape index (κ3) is 1.35. The molecule has 0 atom stereocenters. The van der Waals surface area contributed by atoms with Crippen LogP contribution in [0.15, 0.2) is 31.4 Å². The second-order valence-electron chi connectivity index (χ2n) is 3.64. The number of hydrogen-bond acceptors (Lipinski definition) is 1. The van der Waals surface area contributed by atoms with Gasteiger partial charge >= 0.3 is 0 Å². The predicted molar refractivity (Wildman–Crippen MR) is 59.8 cm³/mol. The average molecular weight is 186 g/mol. The van der Waals surface area contributed by atoms with Crippen LogP contribution in [0.5, 0.6) is 0 Å². The number of hydrogen-bond donors (Lipinski definition) is 0. The molecule has 0 amide bonds. The first-order chi connectivity index (χ1) is 6.70. The quantitative estimate of drug-likeness (QED) is 0.654. The van der Waals surface area contributed by atoms with Gasteiger partial charge in [-0.25, -0.2) is 0 Å². The largest absolute Gasteiger partial charge is 0.493 e. The minimum absolute atomic E-state index is 0.742. The topological polar surface area (TPSA) is 9.23 Å². The zero-order valence-corrected chi connectivity index (χ0v) is 8.47. The summed E-state index contributed by atoms with van der Waals surface area (Å²) in [5.74, 6) is 0.782. The SMILES string of the molecule is C=C(C)c1cccc2c1C(=C)OCC2. The number of fused-ring (bicyclic) bond motifs is 1. The Bertz CT molecular complexity index is 402. The maximum atomic E-state index is 5.46. The zero-order valence-electron chi connectivity index (χ0n) is 8.47. The fraction of sp³-hybridized carbons (Fsp3) is 0.231. The van der Waals surface area contributed by atoms with E-state index in [4.69, 9.17) is 4.74 Å². The molecule has 1 aliphatic rings. The third-order valence-corrected chi connectivity index (χ3v) is 2.54. The number of benzene rings is 1. The summed E-state index contributed by atoms with van der Waals surface area (Å²) in [6.07, 6.45) is 0.968. The van der Waals surface area contributed by atoms with Gasteiger partial charge in [-0.2, -0.15) is 0 Å². The molecule has 1 heterocycles. The number of ether oxygens (including phenoxy) is 1. The van der Waals surface area contributed by atoms with Gasteiger partial charge in [0.15, 0.2) is 0 Å². The molecule has 1 heteroatoms. The van der Waals surface area contributed by atoms with Crippen LogP contribution in [-0.2, 0) is 11.2 Å². The Morgan fingerprint density at radius 3 is 2.93 bits per heavy atom. The van der Waals surface area contributed by atoms with Crippen LogP contribution in [0.25, 0.3) is 11.3 Å². The second kappa shape index (κ2) is 3.33. The molecule has 0 spiro atoms. The number of allylic oxidation sites excluding steroid dienone is 1. The van der Waals surface area contributed by atoms with Crippen LogP contribution in [-0.4, -0.2) is 6.61 Å². The van der Waals surface area contributed by atoms with Crippen LogP contribution in [0.1, 0.15) is 23.6 Å². The van der Waals surface area contributed by atoms with Crippen molar-refractivity contribution < 1.29 is 4.74 Å². The van der Waals surface area contributed by atoms with Crippen molar-refractivity contribution in [3.63, 3.8) is 0 Å². The van der Waals surface area contributed by atoms with Gasteiger partial charge in [-0.3, -0.25) is 0 Å². The Morgan fingerprint density at radius 2 is 2.21 bits per heavy atom. The molecule has 1 aromatic carbocycles. The maximum Gasteiger partial charge on any atom is 0.120 e. The second-order valence-corrected chi connectivity index (χ2v) is 3.64. The molecule has 0 fully saturated rings. The van der Waals surface area contributed by atoms with Crippen LogP contribution >= 0.6 is 0 Å². The Labute approximate surface area is 84.7 Å². The molecule has 14 heavy (non-hydrogen) atoms. The van der Waals surface area contributed by atoms with E-state index in [1.165, 1.54) is 5.56 Å². The molecule has 1 nitrogen and oxygen atoms in total. The highest BCUT2D eigenvalue weighted by Gasteiger charge is 2.16. The lowest BCUT2D eigenvalue weighted by Crippen LogP contribution is -2.10. The van der Waals surface area contributed by atoms with Crippen LogP contribution in [0, 0.1) is 0 Å².